The lowest BCUT2D eigenvalue weighted by molar-refractivity contribution is -0.113. The molecule has 1 heterocycles. The van der Waals surface area contributed by atoms with Gasteiger partial charge in [0.25, 0.3) is 0 Å². The predicted octanol–water partition coefficient (Wildman–Crippen LogP) is 0.132. The summed E-state index contributed by atoms with van der Waals surface area (Å²) in [6.45, 7) is 2.63. The summed E-state index contributed by atoms with van der Waals surface area (Å²) >= 11 is 11.5. The van der Waals surface area contributed by atoms with Crippen molar-refractivity contribution in [2.45, 2.75) is 11.0 Å². The number of halogens is 2. The molecule has 14 heavy (non-hydrogen) atoms. The van der Waals surface area contributed by atoms with Gasteiger partial charge >= 0.3 is 0 Å². The van der Waals surface area contributed by atoms with Crippen LogP contribution in [0, 0.1) is 0 Å². The van der Waals surface area contributed by atoms with Crippen LogP contribution in [0.3, 0.4) is 0 Å². The van der Waals surface area contributed by atoms with E-state index in [4.69, 9.17) is 23.2 Å². The van der Waals surface area contributed by atoms with Crippen molar-refractivity contribution >= 4 is 35.8 Å². The van der Waals surface area contributed by atoms with Crippen molar-refractivity contribution in [3.8, 4) is 0 Å². The molecule has 6 heteroatoms. The summed E-state index contributed by atoms with van der Waals surface area (Å²) in [4.78, 5) is 24.5. The highest BCUT2D eigenvalue weighted by molar-refractivity contribution is 6.27. The SMILES string of the molecule is O=CC(Cl)N1CCN(C(Cl)C=O)CC1. The van der Waals surface area contributed by atoms with Crippen LogP contribution in [0.2, 0.25) is 0 Å². The van der Waals surface area contributed by atoms with Gasteiger partial charge in [0.05, 0.1) is 0 Å². The van der Waals surface area contributed by atoms with Crippen LogP contribution in [0.25, 0.3) is 0 Å². The fourth-order valence-corrected chi connectivity index (χ4v) is 1.79. The molecule has 0 aromatic heterocycles. The standard InChI is InChI=1S/C8H12Cl2N2O2/c9-7(5-13)11-1-2-12(4-3-11)8(10)6-14/h5-8H,1-4H2. The zero-order valence-corrected chi connectivity index (χ0v) is 9.12. The van der Waals surface area contributed by atoms with Gasteiger partial charge in [0, 0.05) is 26.2 Å². The third-order valence-corrected chi connectivity index (χ3v) is 3.03. The molecular formula is C8H12Cl2N2O2. The molecule has 1 rings (SSSR count). The van der Waals surface area contributed by atoms with E-state index in [1.54, 1.807) is 0 Å². The van der Waals surface area contributed by atoms with E-state index in [2.05, 4.69) is 0 Å². The molecule has 0 bridgehead atoms. The van der Waals surface area contributed by atoms with Crippen LogP contribution in [0.1, 0.15) is 0 Å². The maximum atomic E-state index is 10.4. The Morgan fingerprint density at radius 2 is 1.14 bits per heavy atom. The van der Waals surface area contributed by atoms with E-state index in [1.165, 1.54) is 0 Å². The average molecular weight is 239 g/mol. The van der Waals surface area contributed by atoms with Gasteiger partial charge in [-0.25, -0.2) is 0 Å². The molecule has 0 aliphatic carbocycles. The molecule has 1 aliphatic rings. The van der Waals surface area contributed by atoms with E-state index in [9.17, 15) is 9.59 Å². The lowest BCUT2D eigenvalue weighted by atomic mass is 10.3. The summed E-state index contributed by atoms with van der Waals surface area (Å²) < 4.78 is 0. The monoisotopic (exact) mass is 238 g/mol. The van der Waals surface area contributed by atoms with Gasteiger partial charge in [-0.05, 0) is 0 Å². The Bertz CT molecular complexity index is 186. The molecule has 4 nitrogen and oxygen atoms in total. The first kappa shape index (κ1) is 11.9. The van der Waals surface area contributed by atoms with Gasteiger partial charge in [0.2, 0.25) is 0 Å². The highest BCUT2D eigenvalue weighted by Gasteiger charge is 2.24. The topological polar surface area (TPSA) is 40.6 Å². The van der Waals surface area contributed by atoms with Crippen molar-refractivity contribution in [1.29, 1.82) is 0 Å². The number of carbonyl (C=O) groups excluding carboxylic acids is 2. The highest BCUT2D eigenvalue weighted by atomic mass is 35.5. The van der Waals surface area contributed by atoms with Gasteiger partial charge in [-0.15, -0.1) is 0 Å². The molecule has 2 atom stereocenters. The van der Waals surface area contributed by atoms with Crippen LogP contribution < -0.4 is 0 Å². The van der Waals surface area contributed by atoms with Crippen LogP contribution in [0.15, 0.2) is 0 Å². The Morgan fingerprint density at radius 3 is 1.36 bits per heavy atom. The molecule has 0 aromatic rings. The second-order valence-electron chi connectivity index (χ2n) is 3.09. The number of aldehydes is 2. The maximum Gasteiger partial charge on any atom is 0.152 e. The first-order valence-electron chi connectivity index (χ1n) is 4.36. The van der Waals surface area contributed by atoms with E-state index >= 15 is 0 Å². The lowest BCUT2D eigenvalue weighted by Crippen LogP contribution is -2.51. The minimum absolute atomic E-state index is 0.567. The molecule has 0 spiro atoms. The summed E-state index contributed by atoms with van der Waals surface area (Å²) in [5.74, 6) is 0. The number of piperazine rings is 1. The second-order valence-corrected chi connectivity index (χ2v) is 3.98. The van der Waals surface area contributed by atoms with E-state index in [0.29, 0.717) is 38.8 Å². The number of hydrogen-bond acceptors (Lipinski definition) is 4. The van der Waals surface area contributed by atoms with Crippen LogP contribution in [0.4, 0.5) is 0 Å². The zero-order chi connectivity index (χ0) is 10.6. The Labute approximate surface area is 92.7 Å². The van der Waals surface area contributed by atoms with Crippen molar-refractivity contribution in [2.24, 2.45) is 0 Å². The molecule has 80 valence electrons. The molecule has 0 aromatic carbocycles. The minimum Gasteiger partial charge on any atom is -0.300 e. The molecular weight excluding hydrogens is 227 g/mol. The smallest absolute Gasteiger partial charge is 0.152 e. The largest absolute Gasteiger partial charge is 0.300 e. The predicted molar refractivity (Wildman–Crippen MR) is 54.6 cm³/mol. The van der Waals surface area contributed by atoms with E-state index < -0.39 is 11.0 Å². The van der Waals surface area contributed by atoms with Gasteiger partial charge in [0.15, 0.2) is 12.6 Å². The summed E-state index contributed by atoms with van der Waals surface area (Å²) in [6, 6.07) is 0. The van der Waals surface area contributed by atoms with Crippen LogP contribution in [-0.2, 0) is 9.59 Å². The zero-order valence-electron chi connectivity index (χ0n) is 7.60. The van der Waals surface area contributed by atoms with Crippen molar-refractivity contribution in [3.05, 3.63) is 0 Å². The first-order valence-corrected chi connectivity index (χ1v) is 5.23. The lowest BCUT2D eigenvalue weighted by Gasteiger charge is -2.36. The summed E-state index contributed by atoms with van der Waals surface area (Å²) in [7, 11) is 0. The summed E-state index contributed by atoms with van der Waals surface area (Å²) in [6.07, 6.45) is 1.41. The minimum atomic E-state index is -0.567. The quantitative estimate of drug-likeness (QED) is 0.397. The van der Waals surface area contributed by atoms with Gasteiger partial charge in [-0.2, -0.15) is 0 Å². The van der Waals surface area contributed by atoms with Gasteiger partial charge < -0.3 is 9.59 Å². The number of carbonyl (C=O) groups is 2. The molecule has 0 amide bonds. The summed E-state index contributed by atoms with van der Waals surface area (Å²) in [5, 5.41) is 0. The van der Waals surface area contributed by atoms with Gasteiger partial charge in [-0.1, -0.05) is 23.2 Å². The Hall–Kier alpha value is -0.160. The Kier molecular flexibility index (Phi) is 4.81. The molecule has 0 radical (unpaired) electrons. The van der Waals surface area contributed by atoms with Crippen LogP contribution >= 0.6 is 23.2 Å². The molecule has 1 fully saturated rings. The highest BCUT2D eigenvalue weighted by Crippen LogP contribution is 2.11. The van der Waals surface area contributed by atoms with Crippen molar-refractivity contribution in [3.63, 3.8) is 0 Å². The van der Waals surface area contributed by atoms with Crippen molar-refractivity contribution < 1.29 is 9.59 Å². The van der Waals surface area contributed by atoms with Crippen LogP contribution in [-0.4, -0.2) is 59.6 Å². The fraction of sp³-hybridized carbons (Fsp3) is 0.750. The molecule has 0 N–H and O–H groups in total. The van der Waals surface area contributed by atoms with E-state index in [0.717, 1.165) is 0 Å². The number of alkyl halides is 2. The fourth-order valence-electron chi connectivity index (χ4n) is 1.40. The first-order chi connectivity index (χ1) is 6.69. The van der Waals surface area contributed by atoms with Crippen molar-refractivity contribution in [2.75, 3.05) is 26.2 Å². The van der Waals surface area contributed by atoms with Crippen LogP contribution in [0.5, 0.6) is 0 Å². The number of hydrogen-bond donors (Lipinski definition) is 0. The summed E-state index contributed by atoms with van der Waals surface area (Å²) in [5.41, 5.74) is -1.13. The molecule has 2 unspecified atom stereocenters. The third-order valence-electron chi connectivity index (χ3n) is 2.27. The number of nitrogens with zero attached hydrogens (tertiary/aromatic N) is 2. The van der Waals surface area contributed by atoms with Crippen molar-refractivity contribution in [1.82, 2.24) is 9.80 Å². The Balaban J connectivity index is 2.38. The average Bonchev–Trinajstić information content (AvgIpc) is 2.27. The molecule has 1 aliphatic heterocycles. The second kappa shape index (κ2) is 5.66. The van der Waals surface area contributed by atoms with Gasteiger partial charge in [0.1, 0.15) is 11.0 Å². The van der Waals surface area contributed by atoms with Gasteiger partial charge in [-0.3, -0.25) is 9.80 Å². The number of rotatable bonds is 4. The molecule has 1 saturated heterocycles. The third kappa shape index (κ3) is 2.92. The Morgan fingerprint density at radius 1 is 0.857 bits per heavy atom. The van der Waals surface area contributed by atoms with E-state index in [-0.39, 0.29) is 0 Å². The normalized spacial score (nSPS) is 24.1. The van der Waals surface area contributed by atoms with E-state index in [1.807, 2.05) is 9.80 Å². The maximum absolute atomic E-state index is 10.4. The molecule has 0 saturated carbocycles.